The average Bonchev–Trinajstić information content (AvgIpc) is 3.45. The molecule has 0 unspecified atom stereocenters. The molecule has 204 valence electrons. The van der Waals surface area contributed by atoms with Gasteiger partial charge in [-0.25, -0.2) is 19.1 Å². The van der Waals surface area contributed by atoms with E-state index in [-0.39, 0.29) is 69.8 Å². The van der Waals surface area contributed by atoms with Crippen LogP contribution in [0.1, 0.15) is 21.9 Å². The second-order valence-electron chi connectivity index (χ2n) is 8.57. The number of β-lactam (4-membered cyclic amide) rings is 1. The first-order valence-electron chi connectivity index (χ1n) is 11.4. The summed E-state index contributed by atoms with van der Waals surface area (Å²) < 4.78 is 3.23. The molecule has 0 aliphatic carbocycles. The summed E-state index contributed by atoms with van der Waals surface area (Å²) in [5.74, 6) is -3.50. The van der Waals surface area contributed by atoms with E-state index >= 15 is 0 Å². The number of nitrogens with two attached hydrogens (primary N) is 1. The normalized spacial score (nSPS) is 18.6. The molecule has 3 aromatic rings. The molecular formula is C23H23N7NaO7S2+. The van der Waals surface area contributed by atoms with Crippen molar-refractivity contribution in [3.05, 3.63) is 58.1 Å². The zero-order valence-electron chi connectivity index (χ0n) is 20.5. The van der Waals surface area contributed by atoms with E-state index in [9.17, 15) is 29.4 Å². The van der Waals surface area contributed by atoms with Crippen molar-refractivity contribution in [3.63, 3.8) is 0 Å². The van der Waals surface area contributed by atoms with Crippen molar-refractivity contribution in [3.8, 4) is 0 Å². The van der Waals surface area contributed by atoms with Gasteiger partial charge in [-0.15, -0.1) is 23.1 Å². The van der Waals surface area contributed by atoms with Crippen molar-refractivity contribution in [2.75, 3.05) is 18.6 Å². The fourth-order valence-corrected chi connectivity index (χ4v) is 6.56. The maximum absolute atomic E-state index is 13.1. The number of aromatic carboxylic acids is 1. The van der Waals surface area contributed by atoms with Gasteiger partial charge in [0, 0.05) is 29.7 Å². The van der Waals surface area contributed by atoms with Gasteiger partial charge in [-0.3, -0.25) is 14.5 Å². The second-order valence-corrected chi connectivity index (χ2v) is 10.6. The third kappa shape index (κ3) is 4.96. The van der Waals surface area contributed by atoms with E-state index in [1.54, 1.807) is 35.9 Å². The zero-order chi connectivity index (χ0) is 28.0. The summed E-state index contributed by atoms with van der Waals surface area (Å²) >= 11 is 2.40. The number of imidazole rings is 1. The Morgan fingerprint density at radius 1 is 1.30 bits per heavy atom. The number of aromatic nitrogens is 3. The Balaban J connectivity index is 0.00000370. The fraction of sp³-hybridized carbons (Fsp3) is 0.261. The Bertz CT molecular complexity index is 1620. The number of hydrogen-bond acceptors (Lipinski definition) is 10. The summed E-state index contributed by atoms with van der Waals surface area (Å²) in [6, 6.07) is 4.18. The number of aliphatic carboxylic acids is 1. The molecule has 0 aromatic carbocycles. The quantitative estimate of drug-likeness (QED) is 0.0859. The van der Waals surface area contributed by atoms with Gasteiger partial charge in [-0.2, -0.15) is 4.40 Å². The van der Waals surface area contributed by atoms with E-state index in [2.05, 4.69) is 15.5 Å². The summed E-state index contributed by atoms with van der Waals surface area (Å²) in [6.07, 6.45) is 1.62. The topological polar surface area (TPSA) is 194 Å². The van der Waals surface area contributed by atoms with Crippen LogP contribution in [-0.4, -0.2) is 108 Å². The SMILES string of the molecule is CO/N=C(\C(=O)N[C@@H]1C(=O)N2C(C(=O)O)=C(Cn3c(C)c(C(=O)O)[n+]4ccccc34)CS[C@H]12)c1csc(N)n1.[NaH]. The molecule has 2 amide bonds. The van der Waals surface area contributed by atoms with E-state index in [4.69, 9.17) is 10.6 Å². The first-order chi connectivity index (χ1) is 18.6. The van der Waals surface area contributed by atoms with Gasteiger partial charge in [0.2, 0.25) is 0 Å². The molecule has 5 N–H and O–H groups in total. The van der Waals surface area contributed by atoms with Crippen LogP contribution in [0.2, 0.25) is 0 Å². The van der Waals surface area contributed by atoms with Crippen LogP contribution in [0.4, 0.5) is 5.13 Å². The zero-order valence-corrected chi connectivity index (χ0v) is 22.2. The third-order valence-electron chi connectivity index (χ3n) is 6.35. The molecular weight excluding hydrogens is 573 g/mol. The number of nitrogens with one attached hydrogen (secondary N) is 1. The van der Waals surface area contributed by atoms with Crippen LogP contribution in [-0.2, 0) is 25.8 Å². The Labute approximate surface area is 256 Å². The fourth-order valence-electron chi connectivity index (χ4n) is 4.67. The van der Waals surface area contributed by atoms with Crippen molar-refractivity contribution in [2.24, 2.45) is 5.16 Å². The van der Waals surface area contributed by atoms with Gasteiger partial charge >= 0.3 is 41.5 Å². The summed E-state index contributed by atoms with van der Waals surface area (Å²) in [5, 5.41) is 27.2. The van der Waals surface area contributed by atoms with Gasteiger partial charge in [0.1, 0.15) is 36.5 Å². The Morgan fingerprint density at radius 3 is 2.67 bits per heavy atom. The summed E-state index contributed by atoms with van der Waals surface area (Å²) in [6.45, 7) is 1.70. The number of nitrogen functional groups attached to an aromatic ring is 1. The summed E-state index contributed by atoms with van der Waals surface area (Å²) in [4.78, 5) is 60.3. The molecule has 1 saturated heterocycles. The number of amides is 2. The second kappa shape index (κ2) is 11.6. The number of carbonyl (C=O) groups is 4. The molecule has 1 fully saturated rings. The van der Waals surface area contributed by atoms with Crippen LogP contribution < -0.4 is 15.5 Å². The predicted octanol–water partition coefficient (Wildman–Crippen LogP) is -0.587. The summed E-state index contributed by atoms with van der Waals surface area (Å²) in [5.41, 5.74) is 6.96. The van der Waals surface area contributed by atoms with Gasteiger partial charge in [-0.1, -0.05) is 11.2 Å². The van der Waals surface area contributed by atoms with Crippen molar-refractivity contribution in [1.29, 1.82) is 0 Å². The molecule has 2 atom stereocenters. The minimum atomic E-state index is -1.30. The van der Waals surface area contributed by atoms with Crippen LogP contribution >= 0.6 is 23.1 Å². The molecule has 5 rings (SSSR count). The molecule has 2 aliphatic rings. The number of pyridine rings is 1. The van der Waals surface area contributed by atoms with Gasteiger partial charge in [0.05, 0.1) is 6.20 Å². The molecule has 0 saturated carbocycles. The van der Waals surface area contributed by atoms with Crippen LogP contribution in [0, 0.1) is 6.92 Å². The molecule has 14 nitrogen and oxygen atoms in total. The number of nitrogens with zero attached hydrogens (tertiary/aromatic N) is 5. The van der Waals surface area contributed by atoms with Crippen molar-refractivity contribution < 1.29 is 38.6 Å². The number of thioether (sulfide) groups is 1. The molecule has 17 heteroatoms. The number of oxime groups is 1. The molecule has 2 aliphatic heterocycles. The Morgan fingerprint density at radius 2 is 2.05 bits per heavy atom. The number of fused-ring (bicyclic) bond motifs is 2. The number of carboxylic acids is 2. The van der Waals surface area contributed by atoms with Crippen LogP contribution in [0.25, 0.3) is 5.65 Å². The first-order valence-corrected chi connectivity index (χ1v) is 13.3. The van der Waals surface area contributed by atoms with E-state index < -0.39 is 35.2 Å². The number of hydrogen-bond donors (Lipinski definition) is 4. The number of carboxylic acid groups (broad SMARTS) is 2. The maximum atomic E-state index is 13.1. The van der Waals surface area contributed by atoms with E-state index in [1.165, 1.54) is 28.7 Å². The van der Waals surface area contributed by atoms with Gasteiger partial charge in [0.25, 0.3) is 23.2 Å². The van der Waals surface area contributed by atoms with Gasteiger partial charge in [0.15, 0.2) is 16.5 Å². The molecule has 5 heterocycles. The molecule has 0 radical (unpaired) electrons. The molecule has 0 spiro atoms. The van der Waals surface area contributed by atoms with Crippen LogP contribution in [0.5, 0.6) is 0 Å². The van der Waals surface area contributed by atoms with Crippen LogP contribution in [0.15, 0.2) is 46.2 Å². The van der Waals surface area contributed by atoms with Gasteiger partial charge < -0.3 is 26.1 Å². The molecule has 40 heavy (non-hydrogen) atoms. The summed E-state index contributed by atoms with van der Waals surface area (Å²) in [7, 11) is 1.26. The van der Waals surface area contributed by atoms with Gasteiger partial charge in [-0.05, 0) is 6.07 Å². The predicted molar refractivity (Wildman–Crippen MR) is 146 cm³/mol. The number of thiazole rings is 1. The Kier molecular flexibility index (Phi) is 8.55. The average molecular weight is 597 g/mol. The van der Waals surface area contributed by atoms with E-state index in [1.807, 2.05) is 0 Å². The monoisotopic (exact) mass is 596 g/mol. The standard InChI is InChI=1S/C23H21N7O7S2.Na.H/c1-10-16(21(33)34)28-6-4-3-5-13(28)29(10)7-11-8-38-20-15(19(32)30(20)17(11)22(35)36)26-18(31)14(27-37-2)12-9-39-23(24)25-12;;/h3-6,9,15,20H,7-8H2,1-2H3,(H4-,24,25,26,31,33,34,35,36);;/p+1/b27-14-;;/t15-,20-;;/m1../s1. The number of rotatable bonds is 8. The van der Waals surface area contributed by atoms with Crippen molar-refractivity contribution >= 4 is 92.9 Å². The molecule has 3 aromatic heterocycles. The number of carbonyl (C=O) groups excluding carboxylic acids is 2. The van der Waals surface area contributed by atoms with E-state index in [0.717, 1.165) is 16.2 Å². The molecule has 0 bridgehead atoms. The first kappa shape index (κ1) is 29.5. The van der Waals surface area contributed by atoms with E-state index in [0.29, 0.717) is 16.9 Å². The van der Waals surface area contributed by atoms with Crippen LogP contribution in [0.3, 0.4) is 0 Å². The third-order valence-corrected chi connectivity index (χ3v) is 8.37. The Hall–Kier alpha value is -3.44. The number of anilines is 1. The van der Waals surface area contributed by atoms with Crippen molar-refractivity contribution in [2.45, 2.75) is 24.9 Å². The minimum absolute atomic E-state index is 0. The van der Waals surface area contributed by atoms with Crippen molar-refractivity contribution in [1.82, 2.24) is 19.8 Å².